The van der Waals surface area contributed by atoms with Gasteiger partial charge in [-0.1, -0.05) is 0 Å². The average Bonchev–Trinajstić information content (AvgIpc) is 2.82. The first-order chi connectivity index (χ1) is 8.72. The van der Waals surface area contributed by atoms with E-state index in [1.807, 2.05) is 36.4 Å². The molecular weight excluding hydrogens is 397 g/mol. The van der Waals surface area contributed by atoms with Crippen LogP contribution in [0.2, 0.25) is 0 Å². The van der Waals surface area contributed by atoms with E-state index < -0.39 is 22.7 Å². The average molecular weight is 410 g/mol. The third-order valence-electron chi connectivity index (χ3n) is 2.81. The van der Waals surface area contributed by atoms with Gasteiger partial charge in [-0.25, -0.2) is 0 Å². The Hall–Kier alpha value is -0.550. The molecule has 0 aromatic heterocycles. The second-order valence-electron chi connectivity index (χ2n) is 3.97. The fraction of sp³-hybridized carbons (Fsp3) is 0.231. The molecule has 0 amide bonds. The summed E-state index contributed by atoms with van der Waals surface area (Å²) in [6.45, 7) is 0. The molecule has 0 fully saturated rings. The van der Waals surface area contributed by atoms with Gasteiger partial charge in [-0.2, -0.15) is 0 Å². The minimum atomic E-state index is -1.00. The van der Waals surface area contributed by atoms with Crippen LogP contribution in [0.5, 0.6) is 0 Å². The summed E-state index contributed by atoms with van der Waals surface area (Å²) in [5.41, 5.74) is 1.16. The summed E-state index contributed by atoms with van der Waals surface area (Å²) in [5.74, 6) is -0.161. The Morgan fingerprint density at radius 1 is 1.44 bits per heavy atom. The van der Waals surface area contributed by atoms with E-state index in [1.165, 1.54) is 7.11 Å². The molecule has 0 spiro atoms. The van der Waals surface area contributed by atoms with E-state index in [-0.39, 0.29) is 12.0 Å². The fourth-order valence-electron chi connectivity index (χ4n) is 1.89. The zero-order valence-corrected chi connectivity index (χ0v) is 14.9. The number of rotatable bonds is 4. The number of hydrogen-bond donors (Lipinski definition) is 0. The van der Waals surface area contributed by atoms with Crippen molar-refractivity contribution < 1.29 is 9.53 Å². The summed E-state index contributed by atoms with van der Waals surface area (Å²) >= 11 is 2.51. The Morgan fingerprint density at radius 2 is 2.17 bits per heavy atom. The molecule has 0 saturated carbocycles. The molecule has 1 heterocycles. The molecule has 0 N–H and O–H groups in total. The summed E-state index contributed by atoms with van der Waals surface area (Å²) in [6.07, 6.45) is 2.73. The fourth-order valence-corrected chi connectivity index (χ4v) is 7.08. The zero-order chi connectivity index (χ0) is 13.0. The van der Waals surface area contributed by atoms with Crippen LogP contribution in [-0.4, -0.2) is 48.5 Å². The number of hydrogen-bond acceptors (Lipinski definition) is 3. The van der Waals surface area contributed by atoms with Gasteiger partial charge in [-0.3, -0.25) is 0 Å². The van der Waals surface area contributed by atoms with Crippen LogP contribution in [0, 0.1) is 0 Å². The molecule has 1 aromatic carbocycles. The second kappa shape index (κ2) is 6.57. The number of halogens is 1. The van der Waals surface area contributed by atoms with E-state index in [0.29, 0.717) is 6.42 Å². The van der Waals surface area contributed by atoms with Crippen LogP contribution in [-0.2, 0) is 16.0 Å². The van der Waals surface area contributed by atoms with Gasteiger partial charge in [-0.15, -0.1) is 0 Å². The molecule has 0 bridgehead atoms. The van der Waals surface area contributed by atoms with Crippen LogP contribution in [0.4, 0.5) is 0 Å². The number of esters is 1. The van der Waals surface area contributed by atoms with Crippen molar-refractivity contribution in [1.29, 1.82) is 0 Å². The minimum absolute atomic E-state index is 0.161. The quantitative estimate of drug-likeness (QED) is 0.560. The van der Waals surface area contributed by atoms with Crippen molar-refractivity contribution in [3.8, 4) is 0 Å². The Balaban J connectivity index is 2.19. The predicted octanol–water partition coefficient (Wildman–Crippen LogP) is 1.74. The normalized spacial score (nSPS) is 15.0. The first-order valence-corrected chi connectivity index (χ1v) is 9.83. The molecule has 1 unspecified atom stereocenters. The maximum absolute atomic E-state index is 12.0. The molecule has 92 valence electrons. The Morgan fingerprint density at radius 3 is 2.72 bits per heavy atom. The van der Waals surface area contributed by atoms with Crippen molar-refractivity contribution in [1.82, 2.24) is 2.89 Å². The molecule has 1 aliphatic heterocycles. The Labute approximate surface area is 126 Å². The summed E-state index contributed by atoms with van der Waals surface area (Å²) in [7, 11) is 1.45. The van der Waals surface area contributed by atoms with Crippen LogP contribution < -0.4 is 0 Å². The maximum atomic E-state index is 12.0. The molecular formula is C13H13BrInNO2. The molecule has 5 heteroatoms. The number of methoxy groups -OCH3 is 1. The number of nitrogens with zero attached hydrogens (tertiary/aromatic N) is 1. The first kappa shape index (κ1) is 13.9. The molecule has 0 radical (unpaired) electrons. The molecule has 1 atom stereocenters. The molecule has 2 rings (SSSR count). The van der Waals surface area contributed by atoms with Gasteiger partial charge in [0, 0.05) is 0 Å². The van der Waals surface area contributed by atoms with E-state index in [9.17, 15) is 4.79 Å². The number of allylic oxidation sites excluding steroid dienone is 1. The number of ether oxygens (including phenoxy) is 1. The Kier molecular flexibility index (Phi) is 5.06. The Bertz CT molecular complexity index is 487. The molecule has 0 aliphatic carbocycles. The number of carbonyl (C=O) groups excluding carboxylic acids is 1. The van der Waals surface area contributed by atoms with Crippen LogP contribution >= 0.6 is 15.9 Å². The molecule has 1 aromatic rings. The predicted molar refractivity (Wildman–Crippen MR) is 76.6 cm³/mol. The summed E-state index contributed by atoms with van der Waals surface area (Å²) in [4.78, 5) is 12.0. The van der Waals surface area contributed by atoms with Crippen molar-refractivity contribution in [3.05, 3.63) is 46.6 Å². The third-order valence-corrected chi connectivity index (χ3v) is 8.34. The van der Waals surface area contributed by atoms with Crippen molar-refractivity contribution in [2.75, 3.05) is 7.11 Å². The van der Waals surface area contributed by atoms with Gasteiger partial charge in [0.15, 0.2) is 0 Å². The second-order valence-corrected chi connectivity index (χ2v) is 8.32. The van der Waals surface area contributed by atoms with Gasteiger partial charge in [0.25, 0.3) is 0 Å². The molecule has 18 heavy (non-hydrogen) atoms. The van der Waals surface area contributed by atoms with Gasteiger partial charge in [0.1, 0.15) is 0 Å². The summed E-state index contributed by atoms with van der Waals surface area (Å²) in [5, 5.41) is 0. The van der Waals surface area contributed by atoms with Gasteiger partial charge in [-0.05, 0) is 0 Å². The van der Waals surface area contributed by atoms with Gasteiger partial charge in [0.05, 0.1) is 0 Å². The first-order valence-electron chi connectivity index (χ1n) is 5.66. The number of carbonyl (C=O) groups is 1. The molecule has 0 saturated heterocycles. The SMILES string of the molecule is COC(=O)C(Cc1ccccc1)[N]1[In]=[CH]C=C1Br. The van der Waals surface area contributed by atoms with Crippen molar-refractivity contribution in [3.63, 3.8) is 0 Å². The molecule has 3 nitrogen and oxygen atoms in total. The molecule has 1 aliphatic rings. The van der Waals surface area contributed by atoms with Crippen LogP contribution in [0.3, 0.4) is 0 Å². The van der Waals surface area contributed by atoms with Crippen LogP contribution in [0.25, 0.3) is 0 Å². The van der Waals surface area contributed by atoms with E-state index in [0.717, 1.165) is 10.2 Å². The van der Waals surface area contributed by atoms with Crippen molar-refractivity contribution >= 4 is 48.4 Å². The monoisotopic (exact) mass is 409 g/mol. The zero-order valence-electron chi connectivity index (χ0n) is 10.0. The van der Waals surface area contributed by atoms with Gasteiger partial charge >= 0.3 is 127 Å². The summed E-state index contributed by atoms with van der Waals surface area (Å²) in [6, 6.07) is 9.84. The third kappa shape index (κ3) is 3.26. The summed E-state index contributed by atoms with van der Waals surface area (Å²) < 4.78 is 10.3. The van der Waals surface area contributed by atoms with E-state index in [2.05, 4.69) is 22.6 Å². The van der Waals surface area contributed by atoms with Crippen LogP contribution in [0.1, 0.15) is 5.56 Å². The van der Waals surface area contributed by atoms with Crippen LogP contribution in [0.15, 0.2) is 41.0 Å². The van der Waals surface area contributed by atoms with Gasteiger partial charge < -0.3 is 0 Å². The number of benzene rings is 1. The van der Waals surface area contributed by atoms with E-state index >= 15 is 0 Å². The van der Waals surface area contributed by atoms with E-state index in [4.69, 9.17) is 4.74 Å². The topological polar surface area (TPSA) is 29.5 Å². The van der Waals surface area contributed by atoms with Crippen molar-refractivity contribution in [2.24, 2.45) is 0 Å². The van der Waals surface area contributed by atoms with E-state index in [1.54, 1.807) is 0 Å². The van der Waals surface area contributed by atoms with Gasteiger partial charge in [0.2, 0.25) is 0 Å². The van der Waals surface area contributed by atoms with Crippen molar-refractivity contribution in [2.45, 2.75) is 12.5 Å². The standard InChI is InChI=1S/C13H13BrNO2.In/c1-3-12(14)15-11(13(16)17-2)9-10-7-5-4-6-8-10;/h1,3-8,11H,9H2,2H3;/q-1;+1.